The number of aromatic nitrogens is 3. The first-order valence-corrected chi connectivity index (χ1v) is 14.6. The molecule has 13 heteroatoms. The maximum absolute atomic E-state index is 15.4. The van der Waals surface area contributed by atoms with Gasteiger partial charge in [0, 0.05) is 55.3 Å². The highest BCUT2D eigenvalue weighted by molar-refractivity contribution is 7.91. The van der Waals surface area contributed by atoms with E-state index in [1.54, 1.807) is 18.2 Å². The number of para-hydroxylation sites is 1. The van der Waals surface area contributed by atoms with Crippen LogP contribution >= 0.6 is 0 Å². The molecule has 1 aliphatic rings. The fourth-order valence-corrected chi connectivity index (χ4v) is 6.16. The average Bonchev–Trinajstić information content (AvgIpc) is 3.73. The Bertz CT molecular complexity index is 2270. The van der Waals surface area contributed by atoms with E-state index in [0.29, 0.717) is 5.56 Å². The first-order chi connectivity index (χ1) is 23.4. The van der Waals surface area contributed by atoms with Crippen molar-refractivity contribution in [2.24, 2.45) is 0 Å². The van der Waals surface area contributed by atoms with Crippen molar-refractivity contribution >= 4 is 26.7 Å². The lowest BCUT2D eigenvalue weighted by atomic mass is 9.74. The molecule has 0 amide bonds. The van der Waals surface area contributed by atoms with Crippen LogP contribution < -0.4 is 9.47 Å². The van der Waals surface area contributed by atoms with E-state index in [9.17, 15) is 18.3 Å². The molecule has 0 spiro atoms. The Morgan fingerprint density at radius 2 is 2.05 bits per heavy atom. The minimum atomic E-state index is -5.34. The summed E-state index contributed by atoms with van der Waals surface area (Å²) in [4.78, 5) is 19.5. The number of sulfone groups is 1. The summed E-state index contributed by atoms with van der Waals surface area (Å²) < 4.78 is 132. The van der Waals surface area contributed by atoms with Gasteiger partial charge in [-0.3, -0.25) is 4.79 Å². The van der Waals surface area contributed by atoms with Crippen molar-refractivity contribution in [3.63, 3.8) is 0 Å². The molecule has 0 bridgehead atoms. The number of hydrogen-bond donors (Lipinski definition) is 3. The number of benzene rings is 3. The van der Waals surface area contributed by atoms with Crippen LogP contribution in [0, 0.1) is 17.5 Å². The van der Waals surface area contributed by atoms with Crippen LogP contribution in [0.15, 0.2) is 59.8 Å². The molecule has 5 aromatic rings. The maximum Gasteiger partial charge on any atom is 0.303 e. The van der Waals surface area contributed by atoms with Crippen LogP contribution in [-0.2, 0) is 26.5 Å². The Balaban J connectivity index is 1.45. The van der Waals surface area contributed by atoms with Gasteiger partial charge in [0.1, 0.15) is 28.0 Å². The van der Waals surface area contributed by atoms with E-state index in [1.165, 1.54) is 6.20 Å². The molecule has 1 aliphatic heterocycles. The number of halogens is 3. The molecule has 3 aromatic carbocycles. The molecule has 0 fully saturated rings. The van der Waals surface area contributed by atoms with E-state index in [0.717, 1.165) is 30.5 Å². The summed E-state index contributed by atoms with van der Waals surface area (Å²) in [6.45, 7) is -2.79. The van der Waals surface area contributed by atoms with Crippen LogP contribution in [0.5, 0.6) is 17.2 Å². The summed E-state index contributed by atoms with van der Waals surface area (Å²) in [6.07, 6.45) is -1.65. The number of rotatable bonds is 8. The molecule has 1 atom stereocenters. The largest absolute Gasteiger partial charge is 0.493 e. The van der Waals surface area contributed by atoms with Crippen LogP contribution in [0.2, 0.25) is 0 Å². The van der Waals surface area contributed by atoms with Gasteiger partial charge < -0.3 is 24.5 Å². The summed E-state index contributed by atoms with van der Waals surface area (Å²) >= 11 is 0. The van der Waals surface area contributed by atoms with Gasteiger partial charge in [0.05, 0.1) is 17.7 Å². The summed E-state index contributed by atoms with van der Waals surface area (Å²) in [5.74, 6) is -7.08. The number of fused-ring (bicyclic) bond motifs is 2. The van der Waals surface area contributed by atoms with Gasteiger partial charge in [-0.25, -0.2) is 22.2 Å². The first-order valence-electron chi connectivity index (χ1n) is 16.1. The number of aromatic amines is 2. The summed E-state index contributed by atoms with van der Waals surface area (Å²) in [5, 5.41) is 8.70. The number of nitrogens with zero attached hydrogens (tertiary/aromatic N) is 1. The number of aliphatic carboxylic acids is 1. The number of H-pyrrole nitrogens is 2. The van der Waals surface area contributed by atoms with Crippen molar-refractivity contribution in [2.75, 3.05) is 12.8 Å². The van der Waals surface area contributed by atoms with Gasteiger partial charge in [-0.05, 0) is 49.5 Å². The SMILES string of the molecule is [2H]C([2H])([2H])[C@]1(c2cnc(-c3cc(Oc4c(F)c(F)c5[nH]ccc5c4S(=O)(=O)C([2H])([2H])[2H])ccc3F)[nH]2)CCOc2c(CCC(=O)O)cccc21. The summed E-state index contributed by atoms with van der Waals surface area (Å²) in [5.41, 5.74) is -1.97. The van der Waals surface area contributed by atoms with Gasteiger partial charge in [0.2, 0.25) is 5.82 Å². The molecular formula is C31H26F3N3O6S. The normalized spacial score (nSPS) is 19.1. The van der Waals surface area contributed by atoms with E-state index in [4.69, 9.17) is 17.7 Å². The molecule has 2 aromatic heterocycles. The van der Waals surface area contributed by atoms with Crippen molar-refractivity contribution < 1.29 is 49.2 Å². The van der Waals surface area contributed by atoms with Crippen molar-refractivity contribution in [3.8, 4) is 28.6 Å². The molecule has 9 nitrogen and oxygen atoms in total. The molecule has 0 aliphatic carbocycles. The number of carboxylic acids is 1. The molecule has 3 heterocycles. The van der Waals surface area contributed by atoms with Crippen molar-refractivity contribution in [2.45, 2.75) is 36.4 Å². The van der Waals surface area contributed by atoms with E-state index in [-0.39, 0.29) is 54.3 Å². The molecule has 44 heavy (non-hydrogen) atoms. The second-order valence-electron chi connectivity index (χ2n) is 10.1. The lowest BCUT2D eigenvalue weighted by Gasteiger charge is -2.36. The Morgan fingerprint density at radius 3 is 2.82 bits per heavy atom. The van der Waals surface area contributed by atoms with E-state index in [2.05, 4.69) is 15.0 Å². The Hall–Kier alpha value is -4.78. The zero-order chi connectivity index (χ0) is 36.4. The average molecular weight is 632 g/mol. The van der Waals surface area contributed by atoms with Crippen LogP contribution in [0.1, 0.15) is 44.7 Å². The van der Waals surface area contributed by atoms with Gasteiger partial charge in [0.25, 0.3) is 0 Å². The standard InChI is InChI=1S/C31H26F3N3O6S/c1-31(11-13-42-27-16(6-9-23(38)39)4-3-5-20(27)31)22-15-36-30(37-22)19-14-17(7-8-21(19)32)43-28-25(34)24(33)26-18(10-12-35-26)29(28)44(2,40)41/h3-5,7-8,10,12,14-15,35H,6,9,11,13H2,1-2H3,(H,36,37)(H,38,39)/t31-/m0/s1/i1D3,2D3. The van der Waals surface area contributed by atoms with Crippen LogP contribution in [-0.4, -0.2) is 47.2 Å². The number of carboxylic acid groups (broad SMARTS) is 1. The zero-order valence-corrected chi connectivity index (χ0v) is 23.3. The lowest BCUT2D eigenvalue weighted by Crippen LogP contribution is -2.32. The fourth-order valence-electron chi connectivity index (χ4n) is 5.32. The lowest BCUT2D eigenvalue weighted by molar-refractivity contribution is -0.136. The molecule has 0 radical (unpaired) electrons. The number of aryl methyl sites for hydroxylation is 1. The summed E-state index contributed by atoms with van der Waals surface area (Å²) in [7, 11) is -5.34. The topological polar surface area (TPSA) is 134 Å². The van der Waals surface area contributed by atoms with Crippen LogP contribution in [0.25, 0.3) is 22.3 Å². The Morgan fingerprint density at radius 1 is 1.20 bits per heavy atom. The van der Waals surface area contributed by atoms with Crippen LogP contribution in [0.4, 0.5) is 13.2 Å². The second-order valence-corrected chi connectivity index (χ2v) is 11.6. The van der Waals surface area contributed by atoms with Crippen molar-refractivity contribution in [3.05, 3.63) is 89.1 Å². The van der Waals surface area contributed by atoms with Crippen molar-refractivity contribution in [1.82, 2.24) is 15.0 Å². The highest BCUT2D eigenvalue weighted by atomic mass is 32.2. The molecule has 228 valence electrons. The highest BCUT2D eigenvalue weighted by Gasteiger charge is 2.38. The number of imidazole rings is 1. The fraction of sp³-hybridized carbons (Fsp3) is 0.226. The third-order valence-corrected chi connectivity index (χ3v) is 8.36. The third-order valence-electron chi connectivity index (χ3n) is 7.41. The predicted molar refractivity (Wildman–Crippen MR) is 154 cm³/mol. The zero-order valence-electron chi connectivity index (χ0n) is 28.5. The Labute approximate surface area is 258 Å². The maximum atomic E-state index is 15.4. The minimum absolute atomic E-state index is 0.0373. The molecule has 0 unspecified atom stereocenters. The van der Waals surface area contributed by atoms with E-state index >= 15 is 13.2 Å². The van der Waals surface area contributed by atoms with Gasteiger partial charge in [-0.1, -0.05) is 18.2 Å². The molecular weight excluding hydrogens is 599 g/mol. The smallest absolute Gasteiger partial charge is 0.303 e. The molecule has 0 saturated heterocycles. The quantitative estimate of drug-likeness (QED) is 0.172. The van der Waals surface area contributed by atoms with Gasteiger partial charge in [-0.15, -0.1) is 0 Å². The Kier molecular flexibility index (Phi) is 5.54. The second kappa shape index (κ2) is 10.7. The number of carbonyl (C=O) groups is 1. The van der Waals surface area contributed by atoms with Gasteiger partial charge >= 0.3 is 5.97 Å². The van der Waals surface area contributed by atoms with E-state index in [1.807, 2.05) is 0 Å². The van der Waals surface area contributed by atoms with Crippen molar-refractivity contribution in [1.29, 1.82) is 0 Å². The number of nitrogens with one attached hydrogen (secondary N) is 2. The molecule has 6 rings (SSSR count). The summed E-state index contributed by atoms with van der Waals surface area (Å²) in [6, 6.07) is 8.57. The van der Waals surface area contributed by atoms with Crippen LogP contribution in [0.3, 0.4) is 0 Å². The van der Waals surface area contributed by atoms with E-state index < -0.39 is 79.0 Å². The molecule has 0 saturated carbocycles. The molecule has 3 N–H and O–H groups in total. The third kappa shape index (κ3) is 4.96. The number of ether oxygens (including phenoxy) is 2. The highest BCUT2D eigenvalue weighted by Crippen LogP contribution is 2.45. The predicted octanol–water partition coefficient (Wildman–Crippen LogP) is 6.28. The van der Waals surface area contributed by atoms with Gasteiger partial charge in [0.15, 0.2) is 21.4 Å². The van der Waals surface area contributed by atoms with Gasteiger partial charge in [-0.2, -0.15) is 4.39 Å². The first kappa shape index (κ1) is 22.7. The number of hydrogen-bond acceptors (Lipinski definition) is 6. The monoisotopic (exact) mass is 631 g/mol. The minimum Gasteiger partial charge on any atom is -0.493 e.